The van der Waals surface area contributed by atoms with Gasteiger partial charge in [0.15, 0.2) is 5.96 Å². The molecule has 1 aliphatic heterocycles. The van der Waals surface area contributed by atoms with Crippen molar-refractivity contribution in [3.05, 3.63) is 59.2 Å². The van der Waals surface area contributed by atoms with Gasteiger partial charge in [0.05, 0.1) is 19.8 Å². The first-order valence-electron chi connectivity index (χ1n) is 10.6. The van der Waals surface area contributed by atoms with Crippen molar-refractivity contribution in [2.75, 3.05) is 40.0 Å². The van der Waals surface area contributed by atoms with E-state index >= 15 is 0 Å². The molecule has 0 aromatic heterocycles. The van der Waals surface area contributed by atoms with Gasteiger partial charge in [0.2, 0.25) is 0 Å². The Kier molecular flexibility index (Phi) is 8.39. The van der Waals surface area contributed by atoms with Crippen LogP contribution in [0.1, 0.15) is 23.1 Å². The van der Waals surface area contributed by atoms with Gasteiger partial charge < -0.3 is 24.8 Å². The van der Waals surface area contributed by atoms with Crippen LogP contribution in [0.15, 0.2) is 47.5 Å². The van der Waals surface area contributed by atoms with E-state index in [9.17, 15) is 0 Å². The van der Waals surface area contributed by atoms with E-state index in [1.165, 1.54) is 5.56 Å². The van der Waals surface area contributed by atoms with E-state index in [1.807, 2.05) is 31.2 Å². The monoisotopic (exact) mass is 411 g/mol. The SMILES string of the molecule is CN=C(NCCOc1ccccc1C)NCc1ccc(C)cc1OCC1CCOC1. The fourth-order valence-electron chi connectivity index (χ4n) is 3.31. The average molecular weight is 412 g/mol. The molecule has 6 nitrogen and oxygen atoms in total. The highest BCUT2D eigenvalue weighted by Crippen LogP contribution is 2.22. The summed E-state index contributed by atoms with van der Waals surface area (Å²) in [4.78, 5) is 4.30. The number of benzene rings is 2. The maximum Gasteiger partial charge on any atom is 0.191 e. The van der Waals surface area contributed by atoms with Crippen molar-refractivity contribution >= 4 is 5.96 Å². The molecule has 30 heavy (non-hydrogen) atoms. The number of para-hydroxylation sites is 1. The normalized spacial score (nSPS) is 16.4. The maximum absolute atomic E-state index is 6.13. The summed E-state index contributed by atoms with van der Waals surface area (Å²) in [6, 6.07) is 14.3. The standard InChI is InChI=1S/C24H33N3O3/c1-18-8-9-21(23(14-18)30-17-20-10-12-28-16-20)15-27-24(25-3)26-11-13-29-22-7-5-4-6-19(22)2/h4-9,14,20H,10-13,15-17H2,1-3H3,(H2,25,26,27). The van der Waals surface area contributed by atoms with Crippen molar-refractivity contribution in [3.63, 3.8) is 0 Å². The lowest BCUT2D eigenvalue weighted by molar-refractivity contribution is 0.166. The van der Waals surface area contributed by atoms with E-state index in [0.717, 1.165) is 48.2 Å². The van der Waals surface area contributed by atoms with Crippen LogP contribution in [0.4, 0.5) is 0 Å². The number of aliphatic imine (C=N–C) groups is 1. The van der Waals surface area contributed by atoms with Gasteiger partial charge >= 0.3 is 0 Å². The Labute approximate surface area is 179 Å². The van der Waals surface area contributed by atoms with Crippen LogP contribution in [0.3, 0.4) is 0 Å². The number of nitrogens with one attached hydrogen (secondary N) is 2. The molecule has 162 valence electrons. The molecule has 0 aliphatic carbocycles. The number of hydrogen-bond acceptors (Lipinski definition) is 4. The Morgan fingerprint density at radius 2 is 1.97 bits per heavy atom. The predicted octanol–water partition coefficient (Wildman–Crippen LogP) is 3.46. The number of aryl methyl sites for hydroxylation is 2. The smallest absolute Gasteiger partial charge is 0.191 e. The zero-order chi connectivity index (χ0) is 21.2. The first-order valence-corrected chi connectivity index (χ1v) is 10.6. The van der Waals surface area contributed by atoms with E-state index in [-0.39, 0.29) is 0 Å². The molecule has 1 aliphatic rings. The second-order valence-corrected chi connectivity index (χ2v) is 7.62. The molecule has 0 radical (unpaired) electrons. The minimum Gasteiger partial charge on any atom is -0.493 e. The minimum absolute atomic E-state index is 0.481. The summed E-state index contributed by atoms with van der Waals surface area (Å²) in [5.41, 5.74) is 3.43. The zero-order valence-corrected chi connectivity index (χ0v) is 18.2. The molecule has 0 amide bonds. The van der Waals surface area contributed by atoms with Crippen LogP contribution in [-0.4, -0.2) is 46.0 Å². The Hall–Kier alpha value is -2.73. The lowest BCUT2D eigenvalue weighted by Crippen LogP contribution is -2.39. The molecule has 1 atom stereocenters. The van der Waals surface area contributed by atoms with Gasteiger partial charge in [0.25, 0.3) is 0 Å². The topological polar surface area (TPSA) is 64.1 Å². The fraction of sp³-hybridized carbons (Fsp3) is 0.458. The molecule has 3 rings (SSSR count). The summed E-state index contributed by atoms with van der Waals surface area (Å²) in [5.74, 6) is 3.05. The van der Waals surface area contributed by atoms with Gasteiger partial charge in [-0.3, -0.25) is 4.99 Å². The van der Waals surface area contributed by atoms with Crippen molar-refractivity contribution in [1.82, 2.24) is 10.6 Å². The second kappa shape index (κ2) is 11.5. The number of rotatable bonds is 9. The van der Waals surface area contributed by atoms with E-state index < -0.39 is 0 Å². The highest BCUT2D eigenvalue weighted by Gasteiger charge is 2.17. The quantitative estimate of drug-likeness (QED) is 0.376. The van der Waals surface area contributed by atoms with Crippen LogP contribution in [0.5, 0.6) is 11.5 Å². The lowest BCUT2D eigenvalue weighted by Gasteiger charge is -2.17. The maximum atomic E-state index is 6.13. The van der Waals surface area contributed by atoms with Crippen molar-refractivity contribution in [1.29, 1.82) is 0 Å². The molecule has 2 aromatic rings. The summed E-state index contributed by atoms with van der Waals surface area (Å²) in [7, 11) is 1.77. The summed E-state index contributed by atoms with van der Waals surface area (Å²) in [6.07, 6.45) is 1.07. The van der Waals surface area contributed by atoms with Crippen LogP contribution in [0.2, 0.25) is 0 Å². The van der Waals surface area contributed by atoms with Crippen LogP contribution in [-0.2, 0) is 11.3 Å². The molecule has 0 bridgehead atoms. The Morgan fingerprint density at radius 3 is 2.73 bits per heavy atom. The summed E-state index contributed by atoms with van der Waals surface area (Å²) in [5, 5.41) is 6.66. The van der Waals surface area contributed by atoms with E-state index in [1.54, 1.807) is 7.05 Å². The van der Waals surface area contributed by atoms with E-state index in [4.69, 9.17) is 14.2 Å². The van der Waals surface area contributed by atoms with E-state index in [0.29, 0.717) is 32.2 Å². The molecular formula is C24H33N3O3. The molecule has 6 heteroatoms. The molecule has 1 fully saturated rings. The molecule has 1 heterocycles. The van der Waals surface area contributed by atoms with E-state index in [2.05, 4.69) is 40.7 Å². The molecule has 1 saturated heterocycles. The van der Waals surface area contributed by atoms with Gasteiger partial charge in [0, 0.05) is 31.7 Å². The van der Waals surface area contributed by atoms with Crippen LogP contribution in [0, 0.1) is 19.8 Å². The lowest BCUT2D eigenvalue weighted by atomic mass is 10.1. The summed E-state index contributed by atoms with van der Waals surface area (Å²) >= 11 is 0. The number of ether oxygens (including phenoxy) is 3. The minimum atomic E-state index is 0.481. The van der Waals surface area contributed by atoms with Crippen molar-refractivity contribution < 1.29 is 14.2 Å². The Morgan fingerprint density at radius 1 is 1.10 bits per heavy atom. The van der Waals surface area contributed by atoms with Gasteiger partial charge in [-0.05, 0) is 43.5 Å². The third-order valence-corrected chi connectivity index (χ3v) is 5.14. The molecule has 2 aromatic carbocycles. The third-order valence-electron chi connectivity index (χ3n) is 5.14. The molecule has 2 N–H and O–H groups in total. The average Bonchev–Trinajstić information content (AvgIpc) is 3.27. The highest BCUT2D eigenvalue weighted by molar-refractivity contribution is 5.79. The van der Waals surface area contributed by atoms with Gasteiger partial charge in [-0.1, -0.05) is 30.3 Å². The van der Waals surface area contributed by atoms with Gasteiger partial charge in [0.1, 0.15) is 18.1 Å². The molecular weight excluding hydrogens is 378 g/mol. The van der Waals surface area contributed by atoms with Crippen molar-refractivity contribution in [3.8, 4) is 11.5 Å². The third kappa shape index (κ3) is 6.66. The Balaban J connectivity index is 1.46. The number of guanidine groups is 1. The first-order chi connectivity index (χ1) is 14.7. The summed E-state index contributed by atoms with van der Waals surface area (Å²) < 4.78 is 17.4. The first kappa shape index (κ1) is 22.0. The van der Waals surface area contributed by atoms with Crippen LogP contribution in [0.25, 0.3) is 0 Å². The van der Waals surface area contributed by atoms with Gasteiger partial charge in [-0.25, -0.2) is 0 Å². The van der Waals surface area contributed by atoms with Crippen LogP contribution >= 0.6 is 0 Å². The summed E-state index contributed by atoms with van der Waals surface area (Å²) in [6.45, 7) is 8.31. The molecule has 0 saturated carbocycles. The number of hydrogen-bond donors (Lipinski definition) is 2. The zero-order valence-electron chi connectivity index (χ0n) is 18.2. The van der Waals surface area contributed by atoms with Crippen molar-refractivity contribution in [2.45, 2.75) is 26.8 Å². The molecule has 0 spiro atoms. The van der Waals surface area contributed by atoms with Crippen LogP contribution < -0.4 is 20.1 Å². The molecule has 1 unspecified atom stereocenters. The number of nitrogens with zero attached hydrogens (tertiary/aromatic N) is 1. The van der Waals surface area contributed by atoms with Gasteiger partial charge in [-0.2, -0.15) is 0 Å². The fourth-order valence-corrected chi connectivity index (χ4v) is 3.31. The van der Waals surface area contributed by atoms with Crippen molar-refractivity contribution in [2.24, 2.45) is 10.9 Å². The Bertz CT molecular complexity index is 832. The predicted molar refractivity (Wildman–Crippen MR) is 120 cm³/mol. The largest absolute Gasteiger partial charge is 0.493 e. The second-order valence-electron chi connectivity index (χ2n) is 7.62. The van der Waals surface area contributed by atoms with Gasteiger partial charge in [-0.15, -0.1) is 0 Å². The highest BCUT2D eigenvalue weighted by atomic mass is 16.5.